The van der Waals surface area contributed by atoms with E-state index in [0.29, 0.717) is 41.2 Å². The molecule has 126 valence electrons. The maximum atomic E-state index is 11.9. The van der Waals surface area contributed by atoms with Gasteiger partial charge in [-0.05, 0) is 25.1 Å². The number of amides is 1. The van der Waals surface area contributed by atoms with E-state index >= 15 is 0 Å². The minimum Gasteiger partial charge on any atom is -0.357 e. The van der Waals surface area contributed by atoms with Gasteiger partial charge in [0.05, 0.1) is 23.1 Å². The Morgan fingerprint density at radius 3 is 2.61 bits per heavy atom. The summed E-state index contributed by atoms with van der Waals surface area (Å²) in [6.45, 7) is 3.89. The van der Waals surface area contributed by atoms with Crippen LogP contribution in [0.5, 0.6) is 0 Å². The van der Waals surface area contributed by atoms with Crippen molar-refractivity contribution in [1.29, 1.82) is 0 Å². The van der Waals surface area contributed by atoms with E-state index in [1.165, 1.54) is 6.07 Å². The number of benzene rings is 1. The number of aliphatic imine (C=N–C) groups is 1. The molecule has 0 aromatic heterocycles. The number of carbonyl (C=O) groups excluding carboxylic acids is 1. The monoisotopic (exact) mass is 468 g/mol. The number of hydrogen-bond acceptors (Lipinski definition) is 2. The van der Waals surface area contributed by atoms with Gasteiger partial charge in [0.25, 0.3) is 5.91 Å². The molecule has 3 N–H and O–H groups in total. The number of rotatable bonds is 6. The van der Waals surface area contributed by atoms with Crippen LogP contribution in [0.1, 0.15) is 17.3 Å². The second-order valence-electron chi connectivity index (χ2n) is 4.20. The van der Waals surface area contributed by atoms with E-state index < -0.39 is 0 Å². The van der Waals surface area contributed by atoms with Crippen LogP contribution in [0.3, 0.4) is 0 Å². The molecular formula is C15H19Cl2IN4O. The summed E-state index contributed by atoms with van der Waals surface area (Å²) in [5.41, 5.74) is 0.454. The van der Waals surface area contributed by atoms with Crippen molar-refractivity contribution in [3.05, 3.63) is 33.8 Å². The molecule has 0 unspecified atom stereocenters. The number of halogens is 3. The van der Waals surface area contributed by atoms with Gasteiger partial charge in [-0.2, -0.15) is 0 Å². The summed E-state index contributed by atoms with van der Waals surface area (Å²) in [5.74, 6) is 2.86. The Morgan fingerprint density at radius 2 is 2.00 bits per heavy atom. The lowest BCUT2D eigenvalue weighted by Gasteiger charge is -2.09. The fourth-order valence-electron chi connectivity index (χ4n) is 1.55. The maximum absolute atomic E-state index is 11.9. The molecule has 0 aliphatic carbocycles. The minimum atomic E-state index is -0.227. The van der Waals surface area contributed by atoms with Gasteiger partial charge in [-0.1, -0.05) is 29.1 Å². The van der Waals surface area contributed by atoms with Gasteiger partial charge in [0.2, 0.25) is 0 Å². The Bertz CT molecular complexity index is 587. The zero-order valence-electron chi connectivity index (χ0n) is 12.7. The van der Waals surface area contributed by atoms with Crippen molar-refractivity contribution in [2.75, 3.05) is 26.2 Å². The summed E-state index contributed by atoms with van der Waals surface area (Å²) in [5, 5.41) is 9.53. The highest BCUT2D eigenvalue weighted by molar-refractivity contribution is 14.0. The van der Waals surface area contributed by atoms with Gasteiger partial charge >= 0.3 is 0 Å². The van der Waals surface area contributed by atoms with Crippen LogP contribution in [0.4, 0.5) is 0 Å². The molecule has 0 fully saturated rings. The average molecular weight is 469 g/mol. The highest BCUT2D eigenvalue weighted by Crippen LogP contribution is 2.22. The molecule has 0 radical (unpaired) electrons. The Morgan fingerprint density at radius 1 is 1.26 bits per heavy atom. The molecule has 1 rings (SSSR count). The second-order valence-corrected chi connectivity index (χ2v) is 5.02. The Hall–Kier alpha value is -1.17. The number of carbonyl (C=O) groups is 1. The molecule has 0 aliphatic heterocycles. The van der Waals surface area contributed by atoms with Crippen LogP contribution in [-0.2, 0) is 0 Å². The molecule has 0 saturated carbocycles. The molecular weight excluding hydrogens is 450 g/mol. The zero-order chi connectivity index (χ0) is 16.4. The third kappa shape index (κ3) is 8.30. The first-order valence-electron chi connectivity index (χ1n) is 6.77. The van der Waals surface area contributed by atoms with Crippen molar-refractivity contribution in [2.24, 2.45) is 4.99 Å². The van der Waals surface area contributed by atoms with Crippen molar-refractivity contribution in [1.82, 2.24) is 16.0 Å². The predicted octanol–water partition coefficient (Wildman–Crippen LogP) is 2.53. The Kier molecular flexibility index (Phi) is 11.7. The number of hydrogen-bond donors (Lipinski definition) is 3. The van der Waals surface area contributed by atoms with Gasteiger partial charge in [-0.25, -0.2) is 0 Å². The first-order chi connectivity index (χ1) is 10.6. The summed E-state index contributed by atoms with van der Waals surface area (Å²) in [6, 6.07) is 4.73. The van der Waals surface area contributed by atoms with E-state index in [9.17, 15) is 4.79 Å². The molecule has 0 heterocycles. The third-order valence-electron chi connectivity index (χ3n) is 2.55. The highest BCUT2D eigenvalue weighted by atomic mass is 127. The van der Waals surface area contributed by atoms with E-state index in [2.05, 4.69) is 26.9 Å². The molecule has 0 spiro atoms. The fraction of sp³-hybridized carbons (Fsp3) is 0.333. The first-order valence-corrected chi connectivity index (χ1v) is 7.53. The summed E-state index contributed by atoms with van der Waals surface area (Å²) >= 11 is 11.7. The van der Waals surface area contributed by atoms with Gasteiger partial charge in [0.15, 0.2) is 5.96 Å². The largest absolute Gasteiger partial charge is 0.357 e. The topological polar surface area (TPSA) is 65.5 Å². The van der Waals surface area contributed by atoms with Crippen molar-refractivity contribution >= 4 is 59.0 Å². The van der Waals surface area contributed by atoms with Crippen LogP contribution in [-0.4, -0.2) is 38.0 Å². The van der Waals surface area contributed by atoms with Crippen molar-refractivity contribution in [3.63, 3.8) is 0 Å². The van der Waals surface area contributed by atoms with Crippen molar-refractivity contribution in [2.45, 2.75) is 6.92 Å². The predicted molar refractivity (Wildman–Crippen MR) is 107 cm³/mol. The molecule has 1 amide bonds. The standard InChI is InChI=1S/C15H18Cl2N4O.HI/c1-3-7-20-15(18-4-2)21-9-8-19-14(22)11-5-6-12(16)13(17)10-11;/h1,5-6,10H,4,7-9H2,2H3,(H,19,22)(H2,18,20,21);1H. The van der Waals surface area contributed by atoms with Gasteiger partial charge in [-0.3, -0.25) is 9.79 Å². The lowest BCUT2D eigenvalue weighted by atomic mass is 10.2. The normalized spacial score (nSPS) is 10.3. The third-order valence-corrected chi connectivity index (χ3v) is 3.29. The average Bonchev–Trinajstić information content (AvgIpc) is 2.51. The summed E-state index contributed by atoms with van der Waals surface area (Å²) in [6.07, 6.45) is 5.18. The molecule has 0 saturated heterocycles. The van der Waals surface area contributed by atoms with E-state index in [0.717, 1.165) is 6.54 Å². The SMILES string of the molecule is C#CCNC(=NCCNC(=O)c1ccc(Cl)c(Cl)c1)NCC.I. The van der Waals surface area contributed by atoms with Crippen LogP contribution >= 0.6 is 47.2 Å². The van der Waals surface area contributed by atoms with Crippen LogP contribution in [0.15, 0.2) is 23.2 Å². The Balaban J connectivity index is 0.00000484. The van der Waals surface area contributed by atoms with E-state index in [1.807, 2.05) is 6.92 Å². The second kappa shape index (κ2) is 12.3. The van der Waals surface area contributed by atoms with Crippen molar-refractivity contribution in [3.8, 4) is 12.3 Å². The molecule has 1 aromatic rings. The number of guanidine groups is 1. The van der Waals surface area contributed by atoms with E-state index in [-0.39, 0.29) is 29.9 Å². The summed E-state index contributed by atoms with van der Waals surface area (Å²) < 4.78 is 0. The smallest absolute Gasteiger partial charge is 0.251 e. The van der Waals surface area contributed by atoms with Gasteiger partial charge in [-0.15, -0.1) is 30.4 Å². The van der Waals surface area contributed by atoms with Crippen LogP contribution in [0.25, 0.3) is 0 Å². The van der Waals surface area contributed by atoms with Gasteiger partial charge in [0, 0.05) is 18.7 Å². The lowest BCUT2D eigenvalue weighted by molar-refractivity contribution is 0.0955. The lowest BCUT2D eigenvalue weighted by Crippen LogP contribution is -2.38. The van der Waals surface area contributed by atoms with Crippen LogP contribution in [0, 0.1) is 12.3 Å². The molecule has 5 nitrogen and oxygen atoms in total. The fourth-order valence-corrected chi connectivity index (χ4v) is 1.85. The highest BCUT2D eigenvalue weighted by Gasteiger charge is 2.07. The molecule has 1 aromatic carbocycles. The first kappa shape index (κ1) is 21.8. The van der Waals surface area contributed by atoms with E-state index in [1.54, 1.807) is 12.1 Å². The number of nitrogens with one attached hydrogen (secondary N) is 3. The molecule has 23 heavy (non-hydrogen) atoms. The number of nitrogens with zero attached hydrogens (tertiary/aromatic N) is 1. The van der Waals surface area contributed by atoms with E-state index in [4.69, 9.17) is 29.6 Å². The van der Waals surface area contributed by atoms with Crippen LogP contribution < -0.4 is 16.0 Å². The molecule has 0 bridgehead atoms. The number of terminal acetylenes is 1. The van der Waals surface area contributed by atoms with Crippen molar-refractivity contribution < 1.29 is 4.79 Å². The zero-order valence-corrected chi connectivity index (χ0v) is 16.5. The quantitative estimate of drug-likeness (QED) is 0.197. The summed E-state index contributed by atoms with van der Waals surface area (Å²) in [4.78, 5) is 16.2. The minimum absolute atomic E-state index is 0. The molecule has 0 aliphatic rings. The van der Waals surface area contributed by atoms with Gasteiger partial charge in [0.1, 0.15) is 0 Å². The maximum Gasteiger partial charge on any atom is 0.251 e. The summed E-state index contributed by atoms with van der Waals surface area (Å²) in [7, 11) is 0. The van der Waals surface area contributed by atoms with Crippen LogP contribution in [0.2, 0.25) is 10.0 Å². The van der Waals surface area contributed by atoms with Gasteiger partial charge < -0.3 is 16.0 Å². The molecule has 0 atom stereocenters. The molecule has 8 heteroatoms. The Labute approximate surface area is 163 Å².